The smallest absolute Gasteiger partial charge is 0.333 e. The number of aliphatic imine (C=N–C) groups is 1. The molecule has 0 bridgehead atoms. The molecule has 4 heteroatoms. The van der Waals surface area contributed by atoms with Gasteiger partial charge < -0.3 is 9.84 Å². The summed E-state index contributed by atoms with van der Waals surface area (Å²) in [5.41, 5.74) is 3.43. The fourth-order valence-corrected chi connectivity index (χ4v) is 2.50. The number of aliphatic carboxylic acids is 1. The number of carboxylic acid groups (broad SMARTS) is 1. The van der Waals surface area contributed by atoms with Gasteiger partial charge in [0.05, 0.1) is 17.9 Å². The van der Waals surface area contributed by atoms with Gasteiger partial charge in [-0.25, -0.2) is 4.79 Å². The van der Waals surface area contributed by atoms with Crippen LogP contribution in [-0.2, 0) is 11.2 Å². The van der Waals surface area contributed by atoms with Crippen molar-refractivity contribution in [2.45, 2.75) is 27.2 Å². The zero-order valence-corrected chi connectivity index (χ0v) is 14.8. The fraction of sp³-hybridized carbons (Fsp3) is 0.238. The first kappa shape index (κ1) is 18.5. The van der Waals surface area contributed by atoms with E-state index in [2.05, 4.69) is 4.99 Å². The Hall–Kier alpha value is -2.88. The largest absolute Gasteiger partial charge is 0.494 e. The second kappa shape index (κ2) is 8.83. The lowest BCUT2D eigenvalue weighted by molar-refractivity contribution is -0.132. The van der Waals surface area contributed by atoms with Gasteiger partial charge in [-0.05, 0) is 49.6 Å². The van der Waals surface area contributed by atoms with E-state index in [1.807, 2.05) is 62.4 Å². The minimum atomic E-state index is -0.976. The number of carboxylic acids is 1. The van der Waals surface area contributed by atoms with E-state index in [0.29, 0.717) is 12.3 Å². The van der Waals surface area contributed by atoms with Gasteiger partial charge in [0.1, 0.15) is 5.75 Å². The Kier molecular flexibility index (Phi) is 6.52. The van der Waals surface area contributed by atoms with Crippen molar-refractivity contribution in [3.8, 4) is 5.75 Å². The Morgan fingerprint density at radius 2 is 1.88 bits per heavy atom. The summed E-state index contributed by atoms with van der Waals surface area (Å²) in [4.78, 5) is 16.0. The lowest BCUT2D eigenvalue weighted by Crippen LogP contribution is -2.03. The summed E-state index contributed by atoms with van der Waals surface area (Å²) in [5, 5.41) is 9.46. The monoisotopic (exact) mass is 337 g/mol. The number of hydrogen-bond donors (Lipinski definition) is 1. The van der Waals surface area contributed by atoms with Gasteiger partial charge in [0.15, 0.2) is 0 Å². The summed E-state index contributed by atoms with van der Waals surface area (Å²) in [5.74, 6) is -0.196. The number of rotatable bonds is 7. The van der Waals surface area contributed by atoms with Crippen LogP contribution in [0.3, 0.4) is 0 Å². The van der Waals surface area contributed by atoms with Crippen LogP contribution in [0.2, 0.25) is 0 Å². The van der Waals surface area contributed by atoms with Gasteiger partial charge in [-0.15, -0.1) is 0 Å². The van der Waals surface area contributed by atoms with Crippen LogP contribution in [-0.4, -0.2) is 23.9 Å². The SMILES string of the molecule is CCOc1ccc(C(N=Cc2ccccc2)=C(C)C(=O)O)c(CC)c1. The van der Waals surface area contributed by atoms with E-state index in [9.17, 15) is 9.90 Å². The number of carbonyl (C=O) groups is 1. The highest BCUT2D eigenvalue weighted by molar-refractivity contribution is 5.98. The number of nitrogens with zero attached hydrogens (tertiary/aromatic N) is 1. The molecule has 0 heterocycles. The van der Waals surface area contributed by atoms with Crippen LogP contribution in [0.5, 0.6) is 5.75 Å². The first-order valence-corrected chi connectivity index (χ1v) is 8.36. The molecule has 0 amide bonds. The van der Waals surface area contributed by atoms with Gasteiger partial charge >= 0.3 is 5.97 Å². The molecule has 2 rings (SSSR count). The molecule has 0 aromatic heterocycles. The van der Waals surface area contributed by atoms with Crippen LogP contribution in [0.15, 0.2) is 59.1 Å². The van der Waals surface area contributed by atoms with E-state index in [-0.39, 0.29) is 5.57 Å². The lowest BCUT2D eigenvalue weighted by atomic mass is 9.99. The molecule has 1 N–H and O–H groups in total. The zero-order valence-electron chi connectivity index (χ0n) is 14.8. The van der Waals surface area contributed by atoms with Gasteiger partial charge in [-0.2, -0.15) is 0 Å². The summed E-state index contributed by atoms with van der Waals surface area (Å²) in [6.07, 6.45) is 2.45. The summed E-state index contributed by atoms with van der Waals surface area (Å²) >= 11 is 0. The normalized spacial score (nSPS) is 12.1. The third kappa shape index (κ3) is 4.80. The highest BCUT2D eigenvalue weighted by Gasteiger charge is 2.14. The molecule has 0 radical (unpaired) electrons. The number of ether oxygens (including phenoxy) is 1. The molecule has 0 saturated carbocycles. The molecule has 0 unspecified atom stereocenters. The standard InChI is InChI=1S/C21H23NO3/c1-4-17-13-18(25-5-2)11-12-19(17)20(15(3)21(23)24)22-14-16-9-7-6-8-10-16/h6-14H,4-5H2,1-3H3,(H,23,24). The van der Waals surface area contributed by atoms with Crippen molar-refractivity contribution in [3.05, 3.63) is 70.8 Å². The molecule has 2 aromatic rings. The highest BCUT2D eigenvalue weighted by atomic mass is 16.5. The van der Waals surface area contributed by atoms with E-state index in [4.69, 9.17) is 4.74 Å². The fourth-order valence-electron chi connectivity index (χ4n) is 2.50. The van der Waals surface area contributed by atoms with E-state index < -0.39 is 5.97 Å². The third-order valence-electron chi connectivity index (χ3n) is 3.84. The van der Waals surface area contributed by atoms with Gasteiger partial charge in [-0.1, -0.05) is 37.3 Å². The number of aryl methyl sites for hydroxylation is 1. The predicted octanol–water partition coefficient (Wildman–Crippen LogP) is 4.58. The Bertz CT molecular complexity index is 792. The molecule has 4 nitrogen and oxygen atoms in total. The van der Waals surface area contributed by atoms with E-state index in [1.54, 1.807) is 13.1 Å². The van der Waals surface area contributed by atoms with Gasteiger partial charge in [-0.3, -0.25) is 4.99 Å². The second-order valence-electron chi connectivity index (χ2n) is 5.55. The van der Waals surface area contributed by atoms with E-state index in [1.165, 1.54) is 0 Å². The Balaban J connectivity index is 2.52. The Morgan fingerprint density at radius 3 is 2.48 bits per heavy atom. The number of benzene rings is 2. The molecule has 0 spiro atoms. The zero-order chi connectivity index (χ0) is 18.2. The molecule has 0 atom stereocenters. The Morgan fingerprint density at radius 1 is 1.16 bits per heavy atom. The maximum absolute atomic E-state index is 11.5. The minimum absolute atomic E-state index is 0.214. The molecular formula is C21H23NO3. The topological polar surface area (TPSA) is 58.9 Å². The summed E-state index contributed by atoms with van der Waals surface area (Å²) in [7, 11) is 0. The molecule has 25 heavy (non-hydrogen) atoms. The van der Waals surface area contributed by atoms with Crippen molar-refractivity contribution in [3.63, 3.8) is 0 Å². The van der Waals surface area contributed by atoms with E-state index in [0.717, 1.165) is 28.9 Å². The van der Waals surface area contributed by atoms with Crippen molar-refractivity contribution >= 4 is 17.9 Å². The molecule has 0 aliphatic heterocycles. The van der Waals surface area contributed by atoms with Crippen molar-refractivity contribution in [1.82, 2.24) is 0 Å². The maximum atomic E-state index is 11.5. The number of hydrogen-bond acceptors (Lipinski definition) is 3. The second-order valence-corrected chi connectivity index (χ2v) is 5.55. The first-order chi connectivity index (χ1) is 12.1. The van der Waals surface area contributed by atoms with Crippen molar-refractivity contribution in [2.75, 3.05) is 6.61 Å². The quantitative estimate of drug-likeness (QED) is 0.594. The maximum Gasteiger partial charge on any atom is 0.333 e. The van der Waals surface area contributed by atoms with Gasteiger partial charge in [0.25, 0.3) is 0 Å². The molecule has 130 valence electrons. The van der Waals surface area contributed by atoms with Gasteiger partial charge in [0, 0.05) is 11.8 Å². The molecule has 0 aliphatic carbocycles. The molecule has 0 saturated heterocycles. The average molecular weight is 337 g/mol. The molecule has 0 fully saturated rings. The predicted molar refractivity (Wildman–Crippen MR) is 101 cm³/mol. The molecule has 0 aliphatic rings. The highest BCUT2D eigenvalue weighted by Crippen LogP contribution is 2.28. The average Bonchev–Trinajstić information content (AvgIpc) is 2.63. The van der Waals surface area contributed by atoms with Crippen molar-refractivity contribution in [1.29, 1.82) is 0 Å². The lowest BCUT2D eigenvalue weighted by Gasteiger charge is -2.13. The summed E-state index contributed by atoms with van der Waals surface area (Å²) < 4.78 is 5.55. The van der Waals surface area contributed by atoms with Crippen molar-refractivity contribution < 1.29 is 14.6 Å². The molecule has 2 aromatic carbocycles. The van der Waals surface area contributed by atoms with Crippen LogP contribution in [0.1, 0.15) is 37.5 Å². The molecular weight excluding hydrogens is 314 g/mol. The van der Waals surface area contributed by atoms with Crippen LogP contribution in [0.4, 0.5) is 0 Å². The van der Waals surface area contributed by atoms with Crippen LogP contribution in [0.25, 0.3) is 5.70 Å². The van der Waals surface area contributed by atoms with Crippen LogP contribution < -0.4 is 4.74 Å². The van der Waals surface area contributed by atoms with Crippen LogP contribution >= 0.6 is 0 Å². The Labute approximate surface area is 148 Å². The summed E-state index contributed by atoms with van der Waals surface area (Å²) in [6.45, 7) is 6.13. The third-order valence-corrected chi connectivity index (χ3v) is 3.84. The minimum Gasteiger partial charge on any atom is -0.494 e. The van der Waals surface area contributed by atoms with E-state index >= 15 is 0 Å². The van der Waals surface area contributed by atoms with Crippen molar-refractivity contribution in [2.24, 2.45) is 4.99 Å². The van der Waals surface area contributed by atoms with Crippen LogP contribution in [0, 0.1) is 0 Å². The summed E-state index contributed by atoms with van der Waals surface area (Å²) in [6, 6.07) is 15.3. The first-order valence-electron chi connectivity index (χ1n) is 8.36. The van der Waals surface area contributed by atoms with Gasteiger partial charge in [0.2, 0.25) is 0 Å².